The minimum Gasteiger partial charge on any atom is -0.444 e. The number of hydrogen-bond donors (Lipinski definition) is 0. The highest BCUT2D eigenvalue weighted by molar-refractivity contribution is 5.69. The summed E-state index contributed by atoms with van der Waals surface area (Å²) in [7, 11) is 0. The lowest BCUT2D eigenvalue weighted by Crippen LogP contribution is -2.38. The smallest absolute Gasteiger partial charge is 0.410 e. The summed E-state index contributed by atoms with van der Waals surface area (Å²) < 4.78 is 5.34. The third-order valence-electron chi connectivity index (χ3n) is 2.50. The lowest BCUT2D eigenvalue weighted by atomic mass is 10.2. The molecule has 1 saturated heterocycles. The molecule has 0 aromatic carbocycles. The molecular formula is C12H21NO2. The largest absolute Gasteiger partial charge is 0.444 e. The molecule has 0 aromatic rings. The number of amides is 1. The van der Waals surface area contributed by atoms with Gasteiger partial charge in [0, 0.05) is 12.6 Å². The maximum Gasteiger partial charge on any atom is 0.410 e. The van der Waals surface area contributed by atoms with Gasteiger partial charge in [-0.15, -0.1) is 0 Å². The van der Waals surface area contributed by atoms with Crippen LogP contribution in [0.15, 0.2) is 11.6 Å². The maximum absolute atomic E-state index is 11.8. The molecule has 15 heavy (non-hydrogen) atoms. The monoisotopic (exact) mass is 211 g/mol. The van der Waals surface area contributed by atoms with Gasteiger partial charge in [-0.1, -0.05) is 11.6 Å². The second kappa shape index (κ2) is 4.25. The fourth-order valence-corrected chi connectivity index (χ4v) is 1.70. The number of rotatable bonds is 0. The zero-order valence-electron chi connectivity index (χ0n) is 10.3. The highest BCUT2D eigenvalue weighted by Gasteiger charge is 2.31. The van der Waals surface area contributed by atoms with Gasteiger partial charge in [-0.2, -0.15) is 0 Å². The van der Waals surface area contributed by atoms with Crippen molar-refractivity contribution in [1.29, 1.82) is 0 Å². The van der Waals surface area contributed by atoms with E-state index in [0.717, 1.165) is 6.42 Å². The van der Waals surface area contributed by atoms with Crippen molar-refractivity contribution in [1.82, 2.24) is 4.90 Å². The van der Waals surface area contributed by atoms with Crippen LogP contribution in [-0.2, 0) is 4.74 Å². The summed E-state index contributed by atoms with van der Waals surface area (Å²) in [4.78, 5) is 13.6. The van der Waals surface area contributed by atoms with E-state index in [1.54, 1.807) is 4.90 Å². The maximum atomic E-state index is 11.8. The summed E-state index contributed by atoms with van der Waals surface area (Å²) in [6.07, 6.45) is 2.85. The van der Waals surface area contributed by atoms with Crippen LogP contribution in [0.3, 0.4) is 0 Å². The van der Waals surface area contributed by atoms with Gasteiger partial charge in [0.05, 0.1) is 0 Å². The Hall–Kier alpha value is -0.990. The molecule has 0 spiro atoms. The summed E-state index contributed by atoms with van der Waals surface area (Å²) in [5, 5.41) is 0. The van der Waals surface area contributed by atoms with Crippen LogP contribution in [-0.4, -0.2) is 29.2 Å². The van der Waals surface area contributed by atoms with Crippen molar-refractivity contribution in [2.75, 3.05) is 6.54 Å². The standard InChI is InChI=1S/C12H21NO2/c1-6-10-7-9(2)13(8-10)11(14)15-12(3,4)5/h6,9H,7-8H2,1-5H3/b10-6+/t9-/m1/s1. The molecule has 1 heterocycles. The number of ether oxygens (including phenoxy) is 1. The summed E-state index contributed by atoms with van der Waals surface area (Å²) in [5.74, 6) is 0. The van der Waals surface area contributed by atoms with Crippen LogP contribution in [0.25, 0.3) is 0 Å². The molecule has 1 amide bonds. The minimum atomic E-state index is -0.407. The summed E-state index contributed by atoms with van der Waals surface area (Å²) >= 11 is 0. The van der Waals surface area contributed by atoms with E-state index >= 15 is 0 Å². The first-order valence-electron chi connectivity index (χ1n) is 5.47. The summed E-state index contributed by atoms with van der Waals surface area (Å²) in [6, 6.07) is 0.256. The first-order valence-corrected chi connectivity index (χ1v) is 5.47. The summed E-state index contributed by atoms with van der Waals surface area (Å²) in [6.45, 7) is 10.5. The van der Waals surface area contributed by atoms with E-state index < -0.39 is 5.60 Å². The van der Waals surface area contributed by atoms with E-state index in [-0.39, 0.29) is 12.1 Å². The van der Waals surface area contributed by atoms with E-state index in [4.69, 9.17) is 4.74 Å². The molecule has 0 aromatic heterocycles. The number of likely N-dealkylation sites (tertiary alicyclic amines) is 1. The lowest BCUT2D eigenvalue weighted by molar-refractivity contribution is 0.0242. The molecule has 1 fully saturated rings. The van der Waals surface area contributed by atoms with Crippen LogP contribution in [0.1, 0.15) is 41.0 Å². The van der Waals surface area contributed by atoms with E-state index in [0.29, 0.717) is 6.54 Å². The Labute approximate surface area is 92.1 Å². The molecule has 1 aliphatic heterocycles. The second-order valence-electron chi connectivity index (χ2n) is 5.11. The van der Waals surface area contributed by atoms with Crippen LogP contribution in [0.4, 0.5) is 4.79 Å². The number of nitrogens with zero attached hydrogens (tertiary/aromatic N) is 1. The molecule has 86 valence electrons. The van der Waals surface area contributed by atoms with Crippen LogP contribution < -0.4 is 0 Å². The predicted octanol–water partition coefficient (Wildman–Crippen LogP) is 2.96. The molecule has 1 rings (SSSR count). The third-order valence-corrected chi connectivity index (χ3v) is 2.50. The van der Waals surface area contributed by atoms with Gasteiger partial charge < -0.3 is 9.64 Å². The molecule has 1 atom stereocenters. The van der Waals surface area contributed by atoms with Gasteiger partial charge in [0.15, 0.2) is 0 Å². The normalized spacial score (nSPS) is 24.7. The van der Waals surface area contributed by atoms with Gasteiger partial charge in [-0.3, -0.25) is 0 Å². The quantitative estimate of drug-likeness (QED) is 0.576. The Kier molecular flexibility index (Phi) is 3.42. The first-order chi connectivity index (χ1) is 6.83. The third kappa shape index (κ3) is 3.26. The summed E-state index contributed by atoms with van der Waals surface area (Å²) in [5.41, 5.74) is 0.906. The average molecular weight is 211 g/mol. The molecule has 3 heteroatoms. The molecule has 0 N–H and O–H groups in total. The molecule has 3 nitrogen and oxygen atoms in total. The van der Waals surface area contributed by atoms with Gasteiger partial charge in [-0.25, -0.2) is 4.79 Å². The molecular weight excluding hydrogens is 190 g/mol. The highest BCUT2D eigenvalue weighted by Crippen LogP contribution is 2.24. The molecule has 0 radical (unpaired) electrons. The molecule has 0 bridgehead atoms. The van der Waals surface area contributed by atoms with Gasteiger partial charge in [0.1, 0.15) is 5.60 Å². The van der Waals surface area contributed by atoms with E-state index in [2.05, 4.69) is 13.0 Å². The minimum absolute atomic E-state index is 0.202. The molecule has 0 unspecified atom stereocenters. The van der Waals surface area contributed by atoms with Gasteiger partial charge in [0.25, 0.3) is 0 Å². The second-order valence-corrected chi connectivity index (χ2v) is 5.11. The Balaban J connectivity index is 2.62. The SMILES string of the molecule is C/C=C1\C[C@@H](C)N(C(=O)OC(C)(C)C)C1. The van der Waals surface area contributed by atoms with Crippen LogP contribution in [0.2, 0.25) is 0 Å². The van der Waals surface area contributed by atoms with E-state index in [9.17, 15) is 4.79 Å². The molecule has 1 aliphatic rings. The Bertz CT molecular complexity index is 276. The zero-order valence-corrected chi connectivity index (χ0v) is 10.3. The van der Waals surface area contributed by atoms with Crippen LogP contribution >= 0.6 is 0 Å². The van der Waals surface area contributed by atoms with Crippen molar-refractivity contribution in [3.8, 4) is 0 Å². The predicted molar refractivity (Wildman–Crippen MR) is 60.8 cm³/mol. The fraction of sp³-hybridized carbons (Fsp3) is 0.750. The zero-order chi connectivity index (χ0) is 11.6. The van der Waals surface area contributed by atoms with Crippen LogP contribution in [0.5, 0.6) is 0 Å². The average Bonchev–Trinajstić information content (AvgIpc) is 2.43. The number of allylic oxidation sites excluding steroid dienone is 1. The van der Waals surface area contributed by atoms with Crippen molar-refractivity contribution in [2.45, 2.75) is 52.7 Å². The van der Waals surface area contributed by atoms with Gasteiger partial charge >= 0.3 is 6.09 Å². The van der Waals surface area contributed by atoms with E-state index in [1.807, 2.05) is 27.7 Å². The van der Waals surface area contributed by atoms with Crippen molar-refractivity contribution in [3.05, 3.63) is 11.6 Å². The molecule has 0 saturated carbocycles. The van der Waals surface area contributed by atoms with Crippen molar-refractivity contribution >= 4 is 6.09 Å². The Morgan fingerprint density at radius 2 is 2.13 bits per heavy atom. The van der Waals surface area contributed by atoms with Gasteiger partial charge in [0.2, 0.25) is 0 Å². The highest BCUT2D eigenvalue weighted by atomic mass is 16.6. The topological polar surface area (TPSA) is 29.5 Å². The number of carbonyl (C=O) groups is 1. The van der Waals surface area contributed by atoms with Crippen molar-refractivity contribution in [3.63, 3.8) is 0 Å². The van der Waals surface area contributed by atoms with Gasteiger partial charge in [-0.05, 0) is 41.0 Å². The number of carbonyl (C=O) groups excluding carboxylic acids is 1. The Morgan fingerprint density at radius 1 is 1.53 bits per heavy atom. The fourth-order valence-electron chi connectivity index (χ4n) is 1.70. The van der Waals surface area contributed by atoms with Crippen molar-refractivity contribution in [2.24, 2.45) is 0 Å². The molecule has 0 aliphatic carbocycles. The Morgan fingerprint density at radius 3 is 2.53 bits per heavy atom. The lowest BCUT2D eigenvalue weighted by Gasteiger charge is -2.26. The van der Waals surface area contributed by atoms with Crippen LogP contribution in [0, 0.1) is 0 Å². The van der Waals surface area contributed by atoms with Crippen molar-refractivity contribution < 1.29 is 9.53 Å². The van der Waals surface area contributed by atoms with E-state index in [1.165, 1.54) is 5.57 Å². The first kappa shape index (κ1) is 12.1. The number of hydrogen-bond acceptors (Lipinski definition) is 2.